The predicted molar refractivity (Wildman–Crippen MR) is 103 cm³/mol. The van der Waals surface area contributed by atoms with E-state index in [1.54, 1.807) is 19.1 Å². The minimum atomic E-state index is -1.05. The number of carboxylic acids is 1. The van der Waals surface area contributed by atoms with Crippen LogP contribution >= 0.6 is 11.5 Å². The van der Waals surface area contributed by atoms with Crippen LogP contribution in [0.25, 0.3) is 0 Å². The number of non-ortho nitro benzene ring substituents is 1. The molecule has 0 aliphatic carbocycles. The molecule has 2 aromatic rings. The molecule has 27 heavy (non-hydrogen) atoms. The molecule has 0 amide bonds. The third-order valence-corrected chi connectivity index (χ3v) is 5.34. The van der Waals surface area contributed by atoms with Gasteiger partial charge >= 0.3 is 5.97 Å². The van der Waals surface area contributed by atoms with Crippen LogP contribution in [0.1, 0.15) is 29.7 Å². The standard InChI is InChI=1S/C18H20N4O4S/c1-10-14(18(23)24)15(11-5-4-6-12(9-11)22(25)26)16-13(7-8-21(2)3)20-27-17(16)19-10/h4-6,9,15,19H,7-8H2,1-3H3,(H,23,24). The number of hydrogen-bond donors (Lipinski definition) is 2. The number of carboxylic acid groups (broad SMARTS) is 1. The van der Waals surface area contributed by atoms with Gasteiger partial charge in [0.05, 0.1) is 16.2 Å². The third kappa shape index (κ3) is 3.69. The molecule has 2 heterocycles. The van der Waals surface area contributed by atoms with Gasteiger partial charge in [-0.05, 0) is 38.1 Å². The molecule has 1 atom stereocenters. The van der Waals surface area contributed by atoms with Gasteiger partial charge in [-0.3, -0.25) is 10.1 Å². The Morgan fingerprint density at radius 1 is 1.44 bits per heavy atom. The highest BCUT2D eigenvalue weighted by Gasteiger charge is 2.36. The molecule has 0 saturated carbocycles. The number of hydrogen-bond acceptors (Lipinski definition) is 7. The first kappa shape index (κ1) is 19.0. The maximum absolute atomic E-state index is 12.0. The van der Waals surface area contributed by atoms with Crippen LogP contribution in [0.2, 0.25) is 0 Å². The summed E-state index contributed by atoms with van der Waals surface area (Å²) in [6.07, 6.45) is 0.665. The zero-order valence-electron chi connectivity index (χ0n) is 15.2. The SMILES string of the molecule is CC1=C(C(=O)O)C(c2cccc([N+](=O)[O-])c2)c2c(CCN(C)C)nsc2N1. The van der Waals surface area contributed by atoms with Crippen LogP contribution in [-0.4, -0.2) is 45.9 Å². The molecular weight excluding hydrogens is 368 g/mol. The first-order valence-electron chi connectivity index (χ1n) is 8.38. The Bertz CT molecular complexity index is 935. The van der Waals surface area contributed by atoms with Gasteiger partial charge in [-0.25, -0.2) is 4.79 Å². The molecule has 9 heteroatoms. The molecule has 0 bridgehead atoms. The van der Waals surface area contributed by atoms with E-state index >= 15 is 0 Å². The van der Waals surface area contributed by atoms with Gasteiger partial charge in [0.15, 0.2) is 0 Å². The molecule has 1 aliphatic rings. The van der Waals surface area contributed by atoms with Gasteiger partial charge in [-0.15, -0.1) is 0 Å². The van der Waals surface area contributed by atoms with E-state index in [0.29, 0.717) is 17.7 Å². The lowest BCUT2D eigenvalue weighted by atomic mass is 9.81. The second-order valence-electron chi connectivity index (χ2n) is 6.68. The number of nitrogens with one attached hydrogen (secondary N) is 1. The van der Waals surface area contributed by atoms with Crippen LogP contribution in [0.3, 0.4) is 0 Å². The van der Waals surface area contributed by atoms with E-state index in [4.69, 9.17) is 0 Å². The molecule has 0 saturated heterocycles. The molecule has 1 aromatic heterocycles. The summed E-state index contributed by atoms with van der Waals surface area (Å²) in [6.45, 7) is 2.47. The molecule has 0 spiro atoms. The number of carbonyl (C=O) groups is 1. The van der Waals surface area contributed by atoms with Crippen LogP contribution in [-0.2, 0) is 11.2 Å². The largest absolute Gasteiger partial charge is 0.478 e. The first-order chi connectivity index (χ1) is 12.8. The van der Waals surface area contributed by atoms with Gasteiger partial charge in [0.1, 0.15) is 5.00 Å². The number of fused-ring (bicyclic) bond motifs is 1. The van der Waals surface area contributed by atoms with E-state index in [9.17, 15) is 20.0 Å². The van der Waals surface area contributed by atoms with E-state index in [2.05, 4.69) is 9.69 Å². The average molecular weight is 388 g/mol. The average Bonchev–Trinajstić information content (AvgIpc) is 3.00. The van der Waals surface area contributed by atoms with Crippen LogP contribution < -0.4 is 5.32 Å². The van der Waals surface area contributed by atoms with E-state index in [0.717, 1.165) is 22.8 Å². The van der Waals surface area contributed by atoms with Crippen molar-refractivity contribution >= 4 is 28.2 Å². The molecule has 1 aromatic carbocycles. The van der Waals surface area contributed by atoms with Gasteiger partial charge in [0.25, 0.3) is 5.69 Å². The van der Waals surface area contributed by atoms with Crippen LogP contribution in [0.5, 0.6) is 0 Å². The van der Waals surface area contributed by atoms with Crippen LogP contribution in [0, 0.1) is 10.1 Å². The fourth-order valence-corrected chi connectivity index (χ4v) is 4.19. The normalized spacial score (nSPS) is 16.2. The number of nitro benzene ring substituents is 1. The van der Waals surface area contributed by atoms with Crippen molar-refractivity contribution in [3.8, 4) is 0 Å². The number of likely N-dealkylation sites (N-methyl/N-ethyl adjacent to an activating group) is 1. The summed E-state index contributed by atoms with van der Waals surface area (Å²) >= 11 is 1.29. The topological polar surface area (TPSA) is 109 Å². The number of nitro groups is 1. The number of aliphatic carboxylic acids is 1. The van der Waals surface area contributed by atoms with Crippen molar-refractivity contribution in [2.45, 2.75) is 19.3 Å². The first-order valence-corrected chi connectivity index (χ1v) is 9.15. The quantitative estimate of drug-likeness (QED) is 0.578. The van der Waals surface area contributed by atoms with Crippen molar-refractivity contribution in [1.82, 2.24) is 9.27 Å². The Hall–Kier alpha value is -2.78. The predicted octanol–water partition coefficient (Wildman–Crippen LogP) is 3.07. The van der Waals surface area contributed by atoms with Crippen LogP contribution in [0.15, 0.2) is 35.5 Å². The van der Waals surface area contributed by atoms with E-state index in [-0.39, 0.29) is 11.3 Å². The van der Waals surface area contributed by atoms with Gasteiger partial charge in [0, 0.05) is 42.3 Å². The zero-order chi connectivity index (χ0) is 19.7. The van der Waals surface area contributed by atoms with Crippen molar-refractivity contribution in [1.29, 1.82) is 0 Å². The molecule has 3 rings (SSSR count). The number of nitrogens with zero attached hydrogens (tertiary/aromatic N) is 3. The summed E-state index contributed by atoms with van der Waals surface area (Å²) in [5.74, 6) is -1.65. The molecule has 0 fully saturated rings. The van der Waals surface area contributed by atoms with Crippen molar-refractivity contribution in [3.05, 3.63) is 62.5 Å². The maximum Gasteiger partial charge on any atom is 0.334 e. The summed E-state index contributed by atoms with van der Waals surface area (Å²) in [6, 6.07) is 6.17. The number of benzene rings is 1. The zero-order valence-corrected chi connectivity index (χ0v) is 16.0. The number of allylic oxidation sites excluding steroid dienone is 1. The number of aromatic nitrogens is 1. The van der Waals surface area contributed by atoms with Crippen molar-refractivity contribution in [3.63, 3.8) is 0 Å². The lowest BCUT2D eigenvalue weighted by molar-refractivity contribution is -0.384. The van der Waals surface area contributed by atoms with Crippen molar-refractivity contribution in [2.24, 2.45) is 0 Å². The summed E-state index contributed by atoms with van der Waals surface area (Å²) in [5, 5.41) is 25.0. The highest BCUT2D eigenvalue weighted by Crippen LogP contribution is 2.46. The Morgan fingerprint density at radius 2 is 2.19 bits per heavy atom. The van der Waals surface area contributed by atoms with Gasteiger partial charge < -0.3 is 15.3 Å². The highest BCUT2D eigenvalue weighted by molar-refractivity contribution is 7.10. The number of rotatable bonds is 6. The Morgan fingerprint density at radius 3 is 2.81 bits per heavy atom. The maximum atomic E-state index is 12.0. The van der Waals surface area contributed by atoms with E-state index < -0.39 is 16.8 Å². The molecule has 1 unspecified atom stereocenters. The Kier molecular flexibility index (Phi) is 5.24. The molecule has 2 N–H and O–H groups in total. The molecular formula is C18H20N4O4S. The Balaban J connectivity index is 2.17. The Labute approximate surface area is 160 Å². The summed E-state index contributed by atoms with van der Waals surface area (Å²) in [5.41, 5.74) is 2.84. The fourth-order valence-electron chi connectivity index (χ4n) is 3.26. The molecule has 8 nitrogen and oxygen atoms in total. The van der Waals surface area contributed by atoms with Gasteiger partial charge in [-0.1, -0.05) is 12.1 Å². The molecule has 142 valence electrons. The van der Waals surface area contributed by atoms with Crippen molar-refractivity contribution in [2.75, 3.05) is 26.0 Å². The summed E-state index contributed by atoms with van der Waals surface area (Å²) in [4.78, 5) is 24.8. The van der Waals surface area contributed by atoms with Crippen molar-refractivity contribution < 1.29 is 14.8 Å². The van der Waals surface area contributed by atoms with Crippen LogP contribution in [0.4, 0.5) is 10.7 Å². The summed E-state index contributed by atoms with van der Waals surface area (Å²) < 4.78 is 4.53. The lowest BCUT2D eigenvalue weighted by Gasteiger charge is -2.27. The monoisotopic (exact) mass is 388 g/mol. The lowest BCUT2D eigenvalue weighted by Crippen LogP contribution is -2.23. The van der Waals surface area contributed by atoms with Gasteiger partial charge in [-0.2, -0.15) is 4.37 Å². The smallest absolute Gasteiger partial charge is 0.334 e. The second kappa shape index (κ2) is 7.45. The van der Waals surface area contributed by atoms with E-state index in [1.807, 2.05) is 19.0 Å². The fraction of sp³-hybridized carbons (Fsp3) is 0.333. The minimum absolute atomic E-state index is 0.0620. The molecule has 1 aliphatic heterocycles. The molecule has 0 radical (unpaired) electrons. The highest BCUT2D eigenvalue weighted by atomic mass is 32.1. The second-order valence-corrected chi connectivity index (χ2v) is 7.45. The summed E-state index contributed by atoms with van der Waals surface area (Å²) in [7, 11) is 3.92. The third-order valence-electron chi connectivity index (χ3n) is 4.53. The van der Waals surface area contributed by atoms with Gasteiger partial charge in [0.2, 0.25) is 0 Å². The van der Waals surface area contributed by atoms with E-state index in [1.165, 1.54) is 23.7 Å². The minimum Gasteiger partial charge on any atom is -0.478 e. The number of anilines is 1.